The lowest BCUT2D eigenvalue weighted by Gasteiger charge is -2.29. The summed E-state index contributed by atoms with van der Waals surface area (Å²) in [4.78, 5) is 23.1. The van der Waals surface area contributed by atoms with Gasteiger partial charge in [0.2, 0.25) is 0 Å². The molecule has 0 aliphatic heterocycles. The Bertz CT molecular complexity index is 590. The van der Waals surface area contributed by atoms with Crippen LogP contribution in [0, 0.1) is 12.8 Å². The monoisotopic (exact) mass is 332 g/mol. The number of hydrogen-bond donors (Lipinski definition) is 3. The molecule has 24 heavy (non-hydrogen) atoms. The van der Waals surface area contributed by atoms with Crippen molar-refractivity contribution >= 4 is 12.0 Å². The summed E-state index contributed by atoms with van der Waals surface area (Å²) in [7, 11) is 0. The molecule has 0 bridgehead atoms. The average molecular weight is 332 g/mol. The summed E-state index contributed by atoms with van der Waals surface area (Å²) in [6.07, 6.45) is 2.72. The van der Waals surface area contributed by atoms with Crippen LogP contribution in [0.25, 0.3) is 0 Å². The molecule has 5 heteroatoms. The number of amides is 2. The predicted octanol–water partition coefficient (Wildman–Crippen LogP) is 3.22. The zero-order valence-corrected chi connectivity index (χ0v) is 14.8. The van der Waals surface area contributed by atoms with Crippen LogP contribution in [0.3, 0.4) is 0 Å². The molecule has 1 aliphatic carbocycles. The van der Waals surface area contributed by atoms with Crippen LogP contribution < -0.4 is 10.6 Å². The van der Waals surface area contributed by atoms with E-state index in [1.807, 2.05) is 12.1 Å². The average Bonchev–Trinajstić information content (AvgIpc) is 2.54. The van der Waals surface area contributed by atoms with E-state index >= 15 is 0 Å². The molecule has 1 aliphatic rings. The second-order valence-corrected chi connectivity index (χ2v) is 7.41. The second kappa shape index (κ2) is 7.69. The number of hydrogen-bond acceptors (Lipinski definition) is 2. The van der Waals surface area contributed by atoms with Crippen molar-refractivity contribution < 1.29 is 14.7 Å². The van der Waals surface area contributed by atoms with E-state index in [1.165, 1.54) is 11.1 Å². The van der Waals surface area contributed by atoms with Gasteiger partial charge < -0.3 is 15.7 Å². The largest absolute Gasteiger partial charge is 0.481 e. The number of aryl methyl sites for hydroxylation is 1. The fourth-order valence-corrected chi connectivity index (χ4v) is 3.45. The van der Waals surface area contributed by atoms with Gasteiger partial charge >= 0.3 is 12.0 Å². The van der Waals surface area contributed by atoms with Crippen molar-refractivity contribution in [2.75, 3.05) is 6.54 Å². The van der Waals surface area contributed by atoms with Crippen molar-refractivity contribution in [2.24, 2.45) is 5.92 Å². The quantitative estimate of drug-likeness (QED) is 0.775. The first kappa shape index (κ1) is 18.3. The van der Waals surface area contributed by atoms with Gasteiger partial charge in [-0.3, -0.25) is 4.79 Å². The number of nitrogens with one attached hydrogen (secondary N) is 2. The third kappa shape index (κ3) is 4.73. The number of carboxylic acid groups (broad SMARTS) is 1. The first-order valence-corrected chi connectivity index (χ1v) is 8.63. The molecule has 0 unspecified atom stereocenters. The zero-order chi connectivity index (χ0) is 17.7. The van der Waals surface area contributed by atoms with Crippen molar-refractivity contribution in [1.29, 1.82) is 0 Å². The molecule has 3 N–H and O–H groups in total. The molecule has 0 aromatic heterocycles. The molecule has 0 heterocycles. The fraction of sp³-hybridized carbons (Fsp3) is 0.579. The summed E-state index contributed by atoms with van der Waals surface area (Å²) in [5.74, 6) is -0.982. The van der Waals surface area contributed by atoms with Crippen LogP contribution in [0.1, 0.15) is 50.7 Å². The summed E-state index contributed by atoms with van der Waals surface area (Å²) in [6.45, 7) is 6.87. The molecular formula is C19H28N2O3. The Morgan fingerprint density at radius 1 is 1.17 bits per heavy atom. The summed E-state index contributed by atoms with van der Waals surface area (Å²) < 4.78 is 0. The topological polar surface area (TPSA) is 78.4 Å². The minimum atomic E-state index is -0.724. The Morgan fingerprint density at radius 2 is 1.79 bits per heavy atom. The summed E-state index contributed by atoms with van der Waals surface area (Å²) in [5, 5.41) is 14.9. The first-order valence-electron chi connectivity index (χ1n) is 8.63. The van der Waals surface area contributed by atoms with E-state index < -0.39 is 5.97 Å². The van der Waals surface area contributed by atoms with E-state index in [0.29, 0.717) is 19.4 Å². The van der Waals surface area contributed by atoms with Gasteiger partial charge in [0.05, 0.1) is 5.92 Å². The third-order valence-electron chi connectivity index (χ3n) is 4.98. The minimum Gasteiger partial charge on any atom is -0.481 e. The van der Waals surface area contributed by atoms with Crippen LogP contribution in [0.5, 0.6) is 0 Å². The predicted molar refractivity (Wildman–Crippen MR) is 94.1 cm³/mol. The molecule has 5 nitrogen and oxygen atoms in total. The van der Waals surface area contributed by atoms with Crippen molar-refractivity contribution in [2.45, 2.75) is 57.9 Å². The standard InChI is InChI=1S/C19H28N2O3/c1-13-6-4-5-7-16(13)19(2,3)12-20-18(24)21-15-10-8-14(9-11-15)17(22)23/h4-7,14-15H,8-12H2,1-3H3,(H,22,23)(H2,20,21,24). The van der Waals surface area contributed by atoms with E-state index in [2.05, 4.69) is 43.5 Å². The highest BCUT2D eigenvalue weighted by Gasteiger charge is 2.27. The van der Waals surface area contributed by atoms with Crippen molar-refractivity contribution in [3.8, 4) is 0 Å². The highest BCUT2D eigenvalue weighted by Crippen LogP contribution is 2.26. The van der Waals surface area contributed by atoms with Gasteiger partial charge in [-0.2, -0.15) is 0 Å². The number of aliphatic carboxylic acids is 1. The van der Waals surface area contributed by atoms with Crippen LogP contribution in [0.15, 0.2) is 24.3 Å². The highest BCUT2D eigenvalue weighted by atomic mass is 16.4. The summed E-state index contributed by atoms with van der Waals surface area (Å²) in [6, 6.07) is 8.12. The number of carboxylic acids is 1. The van der Waals surface area contributed by atoms with E-state index in [-0.39, 0.29) is 23.4 Å². The lowest BCUT2D eigenvalue weighted by molar-refractivity contribution is -0.142. The maximum atomic E-state index is 12.2. The van der Waals surface area contributed by atoms with Crippen LogP contribution >= 0.6 is 0 Å². The smallest absolute Gasteiger partial charge is 0.315 e. The molecule has 132 valence electrons. The molecular weight excluding hydrogens is 304 g/mol. The number of benzene rings is 1. The van der Waals surface area contributed by atoms with Gasteiger partial charge in [0.1, 0.15) is 0 Å². The third-order valence-corrected chi connectivity index (χ3v) is 4.98. The molecule has 1 aromatic carbocycles. The highest BCUT2D eigenvalue weighted by molar-refractivity contribution is 5.74. The normalized spacial score (nSPS) is 21.1. The van der Waals surface area contributed by atoms with Crippen molar-refractivity contribution in [3.05, 3.63) is 35.4 Å². The lowest BCUT2D eigenvalue weighted by atomic mass is 9.82. The van der Waals surface area contributed by atoms with Crippen LogP contribution in [-0.4, -0.2) is 29.7 Å². The Morgan fingerprint density at radius 3 is 2.38 bits per heavy atom. The molecule has 2 rings (SSSR count). The number of urea groups is 1. The second-order valence-electron chi connectivity index (χ2n) is 7.41. The van der Waals surface area contributed by atoms with Gasteiger partial charge in [-0.15, -0.1) is 0 Å². The SMILES string of the molecule is Cc1ccccc1C(C)(C)CNC(=O)NC1CCC(C(=O)O)CC1. The molecule has 0 saturated heterocycles. The van der Waals surface area contributed by atoms with Gasteiger partial charge in [-0.25, -0.2) is 4.79 Å². The summed E-state index contributed by atoms with van der Waals surface area (Å²) >= 11 is 0. The Hall–Kier alpha value is -2.04. The molecule has 0 spiro atoms. The Kier molecular flexibility index (Phi) is 5.86. The molecule has 0 atom stereocenters. The van der Waals surface area contributed by atoms with E-state index in [9.17, 15) is 9.59 Å². The van der Waals surface area contributed by atoms with E-state index in [1.54, 1.807) is 0 Å². The minimum absolute atomic E-state index is 0.0715. The Balaban J connectivity index is 1.81. The van der Waals surface area contributed by atoms with Gasteiger partial charge in [0, 0.05) is 18.0 Å². The maximum absolute atomic E-state index is 12.2. The fourth-order valence-electron chi connectivity index (χ4n) is 3.45. The van der Waals surface area contributed by atoms with Crippen LogP contribution in [0.4, 0.5) is 4.79 Å². The molecule has 1 fully saturated rings. The zero-order valence-electron chi connectivity index (χ0n) is 14.8. The number of carbonyl (C=O) groups is 2. The molecule has 1 saturated carbocycles. The van der Waals surface area contributed by atoms with Crippen LogP contribution in [0.2, 0.25) is 0 Å². The van der Waals surface area contributed by atoms with E-state index in [0.717, 1.165) is 12.8 Å². The van der Waals surface area contributed by atoms with Gasteiger partial charge in [0.25, 0.3) is 0 Å². The van der Waals surface area contributed by atoms with Crippen molar-refractivity contribution in [3.63, 3.8) is 0 Å². The number of rotatable bonds is 5. The van der Waals surface area contributed by atoms with Gasteiger partial charge in [-0.05, 0) is 43.7 Å². The first-order chi connectivity index (χ1) is 11.3. The van der Waals surface area contributed by atoms with Crippen LogP contribution in [-0.2, 0) is 10.2 Å². The summed E-state index contributed by atoms with van der Waals surface area (Å²) in [5.41, 5.74) is 2.30. The molecule has 2 amide bonds. The molecule has 0 radical (unpaired) electrons. The maximum Gasteiger partial charge on any atom is 0.315 e. The van der Waals surface area contributed by atoms with Gasteiger partial charge in [-0.1, -0.05) is 38.1 Å². The van der Waals surface area contributed by atoms with E-state index in [4.69, 9.17) is 5.11 Å². The lowest BCUT2D eigenvalue weighted by Crippen LogP contribution is -2.47. The Labute approximate surface area is 143 Å². The molecule has 1 aromatic rings. The number of carbonyl (C=O) groups excluding carboxylic acids is 1. The van der Waals surface area contributed by atoms with Gasteiger partial charge in [0.15, 0.2) is 0 Å². The van der Waals surface area contributed by atoms with Crippen molar-refractivity contribution in [1.82, 2.24) is 10.6 Å².